The zero-order chi connectivity index (χ0) is 12.7. The monoisotopic (exact) mass is 226 g/mol. The van der Waals surface area contributed by atoms with E-state index in [-0.39, 0.29) is 17.0 Å². The van der Waals surface area contributed by atoms with Crippen molar-refractivity contribution in [1.29, 1.82) is 0 Å². The fourth-order valence-electron chi connectivity index (χ4n) is 2.91. The zero-order valence-corrected chi connectivity index (χ0v) is 11.8. The first-order valence-corrected chi connectivity index (χ1v) is 6.07. The Balaban J connectivity index is 2.83. The Morgan fingerprint density at radius 2 is 1.88 bits per heavy atom. The van der Waals surface area contributed by atoms with Gasteiger partial charge in [0.2, 0.25) is 5.91 Å². The molecule has 16 heavy (non-hydrogen) atoms. The van der Waals surface area contributed by atoms with E-state index in [4.69, 9.17) is 0 Å². The molecule has 0 bridgehead atoms. The maximum absolute atomic E-state index is 11.4. The minimum absolute atomic E-state index is 0.163. The smallest absolute Gasteiger partial charge is 0.219 e. The van der Waals surface area contributed by atoms with Crippen LogP contribution >= 0.6 is 0 Å². The van der Waals surface area contributed by atoms with Crippen molar-refractivity contribution in [3.05, 3.63) is 0 Å². The van der Waals surface area contributed by atoms with Gasteiger partial charge in [-0.3, -0.25) is 9.69 Å². The molecule has 3 heteroatoms. The van der Waals surface area contributed by atoms with Gasteiger partial charge in [-0.1, -0.05) is 0 Å². The summed E-state index contributed by atoms with van der Waals surface area (Å²) in [6.07, 6.45) is 1.06. The molecule has 3 nitrogen and oxygen atoms in total. The van der Waals surface area contributed by atoms with E-state index in [1.807, 2.05) is 11.9 Å². The van der Waals surface area contributed by atoms with Gasteiger partial charge in [0.1, 0.15) is 0 Å². The Kier molecular flexibility index (Phi) is 3.39. The predicted molar refractivity (Wildman–Crippen MR) is 67.4 cm³/mol. The van der Waals surface area contributed by atoms with Crippen LogP contribution in [0.5, 0.6) is 0 Å². The Hall–Kier alpha value is -0.570. The molecule has 94 valence electrons. The summed E-state index contributed by atoms with van der Waals surface area (Å²) in [5.74, 6) is 0.163. The Morgan fingerprint density at radius 3 is 2.19 bits per heavy atom. The molecule has 1 saturated heterocycles. The van der Waals surface area contributed by atoms with Crippen LogP contribution in [0.15, 0.2) is 0 Å². The van der Waals surface area contributed by atoms with Crippen LogP contribution in [0.25, 0.3) is 0 Å². The molecule has 0 aromatic rings. The summed E-state index contributed by atoms with van der Waals surface area (Å²) >= 11 is 0. The first-order chi connectivity index (χ1) is 7.05. The molecule has 1 rings (SSSR count). The first-order valence-electron chi connectivity index (χ1n) is 6.07. The van der Waals surface area contributed by atoms with E-state index in [2.05, 4.69) is 39.5 Å². The highest BCUT2D eigenvalue weighted by Gasteiger charge is 2.44. The number of likely N-dealkylation sites (N-methyl/N-ethyl adjacent to an activating group) is 1. The van der Waals surface area contributed by atoms with Crippen LogP contribution in [0.3, 0.4) is 0 Å². The van der Waals surface area contributed by atoms with Crippen molar-refractivity contribution in [3.8, 4) is 0 Å². The Morgan fingerprint density at radius 1 is 1.38 bits per heavy atom. The molecule has 0 aliphatic carbocycles. The fraction of sp³-hybridized carbons (Fsp3) is 0.923. The molecule has 1 heterocycles. The Labute approximate surface area is 99.8 Å². The maximum Gasteiger partial charge on any atom is 0.219 e. The quantitative estimate of drug-likeness (QED) is 0.684. The van der Waals surface area contributed by atoms with Gasteiger partial charge in [-0.25, -0.2) is 0 Å². The van der Waals surface area contributed by atoms with Gasteiger partial charge in [-0.2, -0.15) is 0 Å². The molecule has 0 saturated carbocycles. The summed E-state index contributed by atoms with van der Waals surface area (Å²) in [6.45, 7) is 13.9. The van der Waals surface area contributed by atoms with Crippen molar-refractivity contribution in [2.75, 3.05) is 13.6 Å². The maximum atomic E-state index is 11.4. The van der Waals surface area contributed by atoms with Gasteiger partial charge in [0.15, 0.2) is 0 Å². The van der Waals surface area contributed by atoms with E-state index in [1.165, 1.54) is 0 Å². The normalized spacial score (nSPS) is 25.8. The average molecular weight is 226 g/mol. The largest absolute Gasteiger partial charge is 0.342 e. The van der Waals surface area contributed by atoms with E-state index >= 15 is 0 Å². The summed E-state index contributed by atoms with van der Waals surface area (Å²) in [7, 11) is 1.91. The molecule has 1 atom stereocenters. The standard InChI is InChI=1S/C13H26N2O/c1-10(16)14(7)11-8-13(5,6)15(9-11)12(2,3)4/h11H,8-9H2,1-7H3. The van der Waals surface area contributed by atoms with Gasteiger partial charge < -0.3 is 4.90 Å². The lowest BCUT2D eigenvalue weighted by atomic mass is 9.95. The van der Waals surface area contributed by atoms with Gasteiger partial charge in [0.25, 0.3) is 0 Å². The van der Waals surface area contributed by atoms with Crippen LogP contribution < -0.4 is 0 Å². The molecule has 0 aromatic heterocycles. The second kappa shape index (κ2) is 4.02. The molecule has 1 fully saturated rings. The number of carbonyl (C=O) groups excluding carboxylic acids is 1. The third-order valence-corrected chi connectivity index (χ3v) is 3.71. The molecule has 1 aliphatic rings. The van der Waals surface area contributed by atoms with Crippen molar-refractivity contribution in [2.45, 2.75) is 65.1 Å². The van der Waals surface area contributed by atoms with E-state index in [1.54, 1.807) is 6.92 Å². The number of hydrogen-bond acceptors (Lipinski definition) is 2. The van der Waals surface area contributed by atoms with Gasteiger partial charge in [-0.15, -0.1) is 0 Å². The Bertz CT molecular complexity index is 278. The van der Waals surface area contributed by atoms with Gasteiger partial charge in [0, 0.05) is 37.6 Å². The van der Waals surface area contributed by atoms with Gasteiger partial charge >= 0.3 is 0 Å². The molecule has 0 N–H and O–H groups in total. The van der Waals surface area contributed by atoms with Crippen molar-refractivity contribution >= 4 is 5.91 Å². The van der Waals surface area contributed by atoms with E-state index in [0.29, 0.717) is 6.04 Å². The second-order valence-corrected chi connectivity index (χ2v) is 6.58. The summed E-state index contributed by atoms with van der Waals surface area (Å²) in [4.78, 5) is 15.8. The highest BCUT2D eigenvalue weighted by atomic mass is 16.2. The molecular weight excluding hydrogens is 200 g/mol. The number of nitrogens with zero attached hydrogens (tertiary/aromatic N) is 2. The lowest BCUT2D eigenvalue weighted by Gasteiger charge is -2.42. The van der Waals surface area contributed by atoms with Crippen LogP contribution in [-0.4, -0.2) is 46.4 Å². The summed E-state index contributed by atoms with van der Waals surface area (Å²) in [5.41, 5.74) is 0.336. The zero-order valence-electron chi connectivity index (χ0n) is 11.8. The minimum Gasteiger partial charge on any atom is -0.342 e. The van der Waals surface area contributed by atoms with Crippen LogP contribution in [0.2, 0.25) is 0 Å². The van der Waals surface area contributed by atoms with E-state index in [0.717, 1.165) is 13.0 Å². The number of amides is 1. The van der Waals surface area contributed by atoms with Crippen LogP contribution in [0.4, 0.5) is 0 Å². The fourth-order valence-corrected chi connectivity index (χ4v) is 2.91. The number of carbonyl (C=O) groups is 1. The van der Waals surface area contributed by atoms with Crippen LogP contribution in [0.1, 0.15) is 48.0 Å². The number of likely N-dealkylation sites (tertiary alicyclic amines) is 1. The third kappa shape index (κ3) is 2.57. The van der Waals surface area contributed by atoms with Gasteiger partial charge in [-0.05, 0) is 41.0 Å². The van der Waals surface area contributed by atoms with Crippen molar-refractivity contribution in [1.82, 2.24) is 9.80 Å². The lowest BCUT2D eigenvalue weighted by molar-refractivity contribution is -0.129. The van der Waals surface area contributed by atoms with Crippen molar-refractivity contribution in [2.24, 2.45) is 0 Å². The molecule has 1 aliphatic heterocycles. The average Bonchev–Trinajstić information content (AvgIpc) is 2.38. The first kappa shape index (κ1) is 13.5. The molecule has 1 amide bonds. The number of hydrogen-bond donors (Lipinski definition) is 0. The van der Waals surface area contributed by atoms with E-state index in [9.17, 15) is 4.79 Å². The number of rotatable bonds is 1. The summed E-state index contributed by atoms with van der Waals surface area (Å²) in [5, 5.41) is 0. The second-order valence-electron chi connectivity index (χ2n) is 6.58. The third-order valence-electron chi connectivity index (χ3n) is 3.71. The van der Waals surface area contributed by atoms with Crippen LogP contribution in [0, 0.1) is 0 Å². The van der Waals surface area contributed by atoms with Crippen molar-refractivity contribution < 1.29 is 4.79 Å². The SMILES string of the molecule is CC(=O)N(C)C1CN(C(C)(C)C)C(C)(C)C1. The topological polar surface area (TPSA) is 23.6 Å². The highest BCUT2D eigenvalue weighted by molar-refractivity contribution is 5.73. The molecule has 0 spiro atoms. The van der Waals surface area contributed by atoms with Gasteiger partial charge in [0.05, 0.1) is 0 Å². The van der Waals surface area contributed by atoms with Crippen LogP contribution in [-0.2, 0) is 4.79 Å². The van der Waals surface area contributed by atoms with Crippen molar-refractivity contribution in [3.63, 3.8) is 0 Å². The highest BCUT2D eigenvalue weighted by Crippen LogP contribution is 2.36. The predicted octanol–water partition coefficient (Wildman–Crippen LogP) is 2.12. The lowest BCUT2D eigenvalue weighted by Crippen LogP contribution is -2.50. The molecule has 0 aromatic carbocycles. The molecule has 1 unspecified atom stereocenters. The molecule has 0 radical (unpaired) electrons. The van der Waals surface area contributed by atoms with E-state index < -0.39 is 0 Å². The molecular formula is C13H26N2O. The summed E-state index contributed by atoms with van der Waals surface area (Å²) < 4.78 is 0. The minimum atomic E-state index is 0.163. The summed E-state index contributed by atoms with van der Waals surface area (Å²) in [6, 6.07) is 0.353.